The molecule has 166 valence electrons. The van der Waals surface area contributed by atoms with Crippen molar-refractivity contribution < 1.29 is 29.2 Å². The molecule has 3 N–H and O–H groups in total. The molecule has 10 atom stereocenters. The van der Waals surface area contributed by atoms with Gasteiger partial charge in [0.05, 0.1) is 24.4 Å². The molecule has 4 saturated heterocycles. The molecule has 4 aliphatic heterocycles. The summed E-state index contributed by atoms with van der Waals surface area (Å²) in [6.07, 6.45) is 1.26. The van der Waals surface area contributed by atoms with Crippen LogP contribution in [0.3, 0.4) is 0 Å². The quantitative estimate of drug-likeness (QED) is 0.502. The van der Waals surface area contributed by atoms with E-state index in [4.69, 9.17) is 14.2 Å². The number of fused-ring (bicyclic) bond motifs is 2. The highest BCUT2D eigenvalue weighted by atomic mass is 16.8. The Balaban J connectivity index is 1.55. The number of rotatable bonds is 0. The maximum atomic E-state index is 14.3. The molecular weight excluding hydrogens is 386 g/mol. The van der Waals surface area contributed by atoms with Crippen molar-refractivity contribution >= 4 is 5.78 Å². The molecule has 4 saturated carbocycles. The number of hydrogen-bond donors (Lipinski definition) is 3. The number of carbonyl (C=O) groups excluding carboxylic acids is 1. The summed E-state index contributed by atoms with van der Waals surface area (Å²) < 4.78 is 19.6. The van der Waals surface area contributed by atoms with Crippen LogP contribution in [-0.2, 0) is 19.0 Å². The van der Waals surface area contributed by atoms with Gasteiger partial charge in [0.25, 0.3) is 0 Å². The van der Waals surface area contributed by atoms with Crippen LogP contribution in [0.15, 0.2) is 0 Å². The highest BCUT2D eigenvalue weighted by molar-refractivity contribution is 6.02. The molecule has 0 aromatic heterocycles. The van der Waals surface area contributed by atoms with Gasteiger partial charge in [-0.25, -0.2) is 0 Å². The Labute approximate surface area is 176 Å². The first-order valence-corrected chi connectivity index (χ1v) is 11.7. The Kier molecular flexibility index (Phi) is 3.06. The van der Waals surface area contributed by atoms with Gasteiger partial charge in [-0.05, 0) is 50.9 Å². The van der Waals surface area contributed by atoms with Crippen LogP contribution in [0, 0.1) is 34.0 Å². The van der Waals surface area contributed by atoms with Gasteiger partial charge in [0.1, 0.15) is 11.5 Å². The van der Waals surface area contributed by atoms with Crippen LogP contribution in [0.5, 0.6) is 0 Å². The summed E-state index contributed by atoms with van der Waals surface area (Å²) >= 11 is 0. The van der Waals surface area contributed by atoms with Crippen LogP contribution < -0.4 is 5.32 Å². The summed E-state index contributed by atoms with van der Waals surface area (Å²) in [5.41, 5.74) is -2.50. The number of hydrogen-bond acceptors (Lipinski definition) is 7. The Morgan fingerprint density at radius 1 is 1.10 bits per heavy atom. The SMILES string of the molecule is CC1(C)O[C@@H]2[C@H]3CCC4[C@@]56COC(O1)([C@@H](O)C5C(C)(C)CC[C@@H]6O)[C@]42C(=O)C31CN1. The molecule has 0 amide bonds. The number of aliphatic hydroxyl groups is 2. The Hall–Kier alpha value is -0.570. The normalized spacial score (nSPS) is 63.5. The van der Waals surface area contributed by atoms with Crippen LogP contribution in [0.4, 0.5) is 0 Å². The average molecular weight is 420 g/mol. The Morgan fingerprint density at radius 2 is 1.83 bits per heavy atom. The maximum Gasteiger partial charge on any atom is 0.213 e. The fourth-order valence-electron chi connectivity index (χ4n) is 9.65. The van der Waals surface area contributed by atoms with Crippen molar-refractivity contribution in [2.45, 2.75) is 88.8 Å². The number of ether oxygens (including phenoxy) is 3. The third-order valence-corrected chi connectivity index (χ3v) is 10.5. The molecule has 7 heteroatoms. The molecular formula is C23H33NO6. The van der Waals surface area contributed by atoms with E-state index < -0.39 is 40.2 Å². The molecule has 4 bridgehead atoms. The van der Waals surface area contributed by atoms with Gasteiger partial charge in [-0.2, -0.15) is 0 Å². The second kappa shape index (κ2) is 4.85. The van der Waals surface area contributed by atoms with Crippen molar-refractivity contribution in [3.63, 3.8) is 0 Å². The fourth-order valence-corrected chi connectivity index (χ4v) is 9.65. The van der Waals surface area contributed by atoms with Crippen LogP contribution in [0.2, 0.25) is 0 Å². The molecule has 0 aromatic rings. The van der Waals surface area contributed by atoms with Crippen LogP contribution in [-0.4, -0.2) is 64.6 Å². The molecule has 30 heavy (non-hydrogen) atoms. The Morgan fingerprint density at radius 3 is 2.53 bits per heavy atom. The van der Waals surface area contributed by atoms with Gasteiger partial charge in [0, 0.05) is 23.8 Å². The van der Waals surface area contributed by atoms with Gasteiger partial charge in [0.2, 0.25) is 5.79 Å². The molecule has 4 aliphatic carbocycles. The first kappa shape index (κ1) is 18.9. The first-order chi connectivity index (χ1) is 14.0. The zero-order valence-electron chi connectivity index (χ0n) is 18.2. The number of ketones is 1. The lowest BCUT2D eigenvalue weighted by Gasteiger charge is -2.77. The lowest BCUT2D eigenvalue weighted by molar-refractivity contribution is -0.534. The largest absolute Gasteiger partial charge is 0.392 e. The Bertz CT molecular complexity index is 868. The van der Waals surface area contributed by atoms with Gasteiger partial charge in [0.15, 0.2) is 11.6 Å². The van der Waals surface area contributed by atoms with E-state index >= 15 is 0 Å². The third kappa shape index (κ3) is 1.57. The highest BCUT2D eigenvalue weighted by Gasteiger charge is 2.93. The standard InChI is InChI=1S/C23H33NO6/c1-18(2)8-7-13(25)20-10-28-23(15(26)14(18)20)22-12(20)6-5-11(21(9-24-21)17(22)27)16(22)29-19(3,4)30-23/h11-16,24-26H,5-10H2,1-4H3/t11-,12?,13+,14?,15+,16-,20-,21?,22-,23?/m1/s1. The topological polar surface area (TPSA) is 107 Å². The smallest absolute Gasteiger partial charge is 0.213 e. The molecule has 0 radical (unpaired) electrons. The van der Waals surface area contributed by atoms with Gasteiger partial charge in [-0.15, -0.1) is 0 Å². The van der Waals surface area contributed by atoms with E-state index in [9.17, 15) is 15.0 Å². The molecule has 8 fully saturated rings. The zero-order chi connectivity index (χ0) is 21.1. The van der Waals surface area contributed by atoms with Crippen molar-refractivity contribution in [2.75, 3.05) is 13.2 Å². The monoisotopic (exact) mass is 419 g/mol. The number of Topliss-reactive ketones (excluding diaryl/α,β-unsaturated/α-hetero) is 1. The van der Waals surface area contributed by atoms with Crippen molar-refractivity contribution in [3.05, 3.63) is 0 Å². The van der Waals surface area contributed by atoms with E-state index in [2.05, 4.69) is 19.2 Å². The molecule has 8 rings (SSSR count). The molecule has 4 unspecified atom stereocenters. The summed E-state index contributed by atoms with van der Waals surface area (Å²) in [6.45, 7) is 9.08. The summed E-state index contributed by atoms with van der Waals surface area (Å²) in [4.78, 5) is 14.3. The zero-order valence-corrected chi connectivity index (χ0v) is 18.2. The summed E-state index contributed by atoms with van der Waals surface area (Å²) in [5, 5.41) is 26.9. The van der Waals surface area contributed by atoms with Gasteiger partial charge in [-0.3, -0.25) is 4.79 Å². The average Bonchev–Trinajstić information content (AvgIpc) is 3.45. The first-order valence-electron chi connectivity index (χ1n) is 11.7. The van der Waals surface area contributed by atoms with E-state index in [1.165, 1.54) is 0 Å². The van der Waals surface area contributed by atoms with Gasteiger partial charge < -0.3 is 29.7 Å². The van der Waals surface area contributed by atoms with Crippen molar-refractivity contribution in [3.8, 4) is 0 Å². The summed E-state index contributed by atoms with van der Waals surface area (Å²) in [6, 6.07) is 0. The summed E-state index contributed by atoms with van der Waals surface area (Å²) in [7, 11) is 0. The minimum atomic E-state index is -1.42. The van der Waals surface area contributed by atoms with Crippen molar-refractivity contribution in [2.24, 2.45) is 34.0 Å². The predicted octanol–water partition coefficient (Wildman–Crippen LogP) is 0.960. The van der Waals surface area contributed by atoms with Crippen LogP contribution in [0.25, 0.3) is 0 Å². The minimum absolute atomic E-state index is 0.0556. The number of nitrogens with one attached hydrogen (secondary N) is 1. The lowest BCUT2D eigenvalue weighted by atomic mass is 9.35. The predicted molar refractivity (Wildman–Crippen MR) is 104 cm³/mol. The maximum absolute atomic E-state index is 14.3. The van der Waals surface area contributed by atoms with E-state index in [0.717, 1.165) is 19.3 Å². The molecule has 7 nitrogen and oxygen atoms in total. The van der Waals surface area contributed by atoms with E-state index in [1.54, 1.807) is 0 Å². The van der Waals surface area contributed by atoms with E-state index in [1.807, 2.05) is 13.8 Å². The van der Waals surface area contributed by atoms with E-state index in [-0.39, 0.29) is 35.1 Å². The number of aliphatic hydroxyl groups excluding tert-OH is 2. The molecule has 8 aliphatic rings. The molecule has 4 heterocycles. The van der Waals surface area contributed by atoms with Gasteiger partial charge in [-0.1, -0.05) is 13.8 Å². The lowest BCUT2D eigenvalue weighted by Crippen LogP contribution is -2.88. The third-order valence-electron chi connectivity index (χ3n) is 10.5. The fraction of sp³-hybridized carbons (Fsp3) is 0.957. The minimum Gasteiger partial charge on any atom is -0.392 e. The van der Waals surface area contributed by atoms with E-state index in [0.29, 0.717) is 19.6 Å². The van der Waals surface area contributed by atoms with Crippen molar-refractivity contribution in [1.82, 2.24) is 5.32 Å². The summed E-state index contributed by atoms with van der Waals surface area (Å²) in [5.74, 6) is -2.55. The van der Waals surface area contributed by atoms with Crippen LogP contribution in [0.1, 0.15) is 53.4 Å². The second-order valence-electron chi connectivity index (χ2n) is 12.3. The van der Waals surface area contributed by atoms with Gasteiger partial charge >= 0.3 is 0 Å². The van der Waals surface area contributed by atoms with Crippen molar-refractivity contribution in [1.29, 1.82) is 0 Å². The van der Waals surface area contributed by atoms with Crippen LogP contribution >= 0.6 is 0 Å². The highest BCUT2D eigenvalue weighted by Crippen LogP contribution is 2.80. The second-order valence-corrected chi connectivity index (χ2v) is 12.3. The molecule has 0 aromatic carbocycles. The number of carbonyl (C=O) groups is 1. The molecule has 4 spiro atoms.